The fourth-order valence-electron chi connectivity index (χ4n) is 3.89. The predicted octanol–water partition coefficient (Wildman–Crippen LogP) is 5.62. The van der Waals surface area contributed by atoms with E-state index in [0.29, 0.717) is 5.92 Å². The summed E-state index contributed by atoms with van der Waals surface area (Å²) < 4.78 is 14.3. The number of rotatable bonds is 1. The molecule has 0 N–H and O–H groups in total. The Bertz CT molecular complexity index is 1170. The van der Waals surface area contributed by atoms with Gasteiger partial charge in [-0.2, -0.15) is 4.57 Å². The van der Waals surface area contributed by atoms with Crippen LogP contribution in [-0.4, -0.2) is 0 Å². The second-order valence-electron chi connectivity index (χ2n) is 7.25. The highest BCUT2D eigenvalue weighted by Gasteiger charge is 2.32. The molecule has 0 bridgehead atoms. The molecule has 3 heteroatoms. The number of pyridine rings is 1. The van der Waals surface area contributed by atoms with Crippen LogP contribution in [0.25, 0.3) is 33.0 Å². The first kappa shape index (κ1) is 14.5. The number of benzene rings is 2. The van der Waals surface area contributed by atoms with Gasteiger partial charge >= 0.3 is 0 Å². The van der Waals surface area contributed by atoms with Crippen LogP contribution in [0.4, 0.5) is 0 Å². The third-order valence-corrected chi connectivity index (χ3v) is 5.25. The lowest BCUT2D eigenvalue weighted by molar-refractivity contribution is -0.659. The van der Waals surface area contributed by atoms with Gasteiger partial charge in [0.2, 0.25) is 5.75 Å². The molecule has 1 aliphatic heterocycles. The van der Waals surface area contributed by atoms with Crippen molar-refractivity contribution < 1.29 is 13.7 Å². The SMILES string of the molecule is Cc1ccc2occ3c2c1-c1c(c2cc(C(C)C)ccc2c[n+]1C)O3. The first-order valence-electron chi connectivity index (χ1n) is 8.70. The molecular weight excluding hydrogens is 310 g/mol. The molecule has 0 fully saturated rings. The zero-order chi connectivity index (χ0) is 17.3. The maximum atomic E-state index is 6.36. The topological polar surface area (TPSA) is 26.2 Å². The first-order valence-corrected chi connectivity index (χ1v) is 8.70. The molecule has 0 atom stereocenters. The summed E-state index contributed by atoms with van der Waals surface area (Å²) >= 11 is 0. The molecule has 4 aromatic rings. The Hall–Kier alpha value is -2.81. The number of nitrogens with zero attached hydrogens (tertiary/aromatic N) is 1. The van der Waals surface area contributed by atoms with Crippen LogP contribution in [-0.2, 0) is 7.05 Å². The molecule has 0 unspecified atom stereocenters. The van der Waals surface area contributed by atoms with Crippen molar-refractivity contribution in [3.8, 4) is 22.8 Å². The summed E-state index contributed by atoms with van der Waals surface area (Å²) in [5.41, 5.74) is 5.75. The minimum absolute atomic E-state index is 0.479. The lowest BCUT2D eigenvalue weighted by atomic mass is 9.94. The van der Waals surface area contributed by atoms with E-state index in [4.69, 9.17) is 9.15 Å². The van der Waals surface area contributed by atoms with E-state index in [-0.39, 0.29) is 0 Å². The van der Waals surface area contributed by atoms with Gasteiger partial charge in [-0.3, -0.25) is 0 Å². The van der Waals surface area contributed by atoms with Crippen LogP contribution in [0.15, 0.2) is 47.2 Å². The number of hydrogen-bond acceptors (Lipinski definition) is 2. The number of ether oxygens (including phenoxy) is 1. The second kappa shape index (κ2) is 4.85. The van der Waals surface area contributed by atoms with Gasteiger partial charge < -0.3 is 9.15 Å². The molecule has 0 saturated heterocycles. The summed E-state index contributed by atoms with van der Waals surface area (Å²) in [7, 11) is 2.08. The maximum absolute atomic E-state index is 6.36. The van der Waals surface area contributed by atoms with Crippen molar-refractivity contribution in [3.63, 3.8) is 0 Å². The minimum Gasteiger partial charge on any atom is -0.460 e. The number of furan rings is 1. The number of aromatic nitrogens is 1. The summed E-state index contributed by atoms with van der Waals surface area (Å²) in [5.74, 6) is 2.21. The van der Waals surface area contributed by atoms with E-state index < -0.39 is 0 Å². The van der Waals surface area contributed by atoms with Gasteiger partial charge in [-0.1, -0.05) is 26.0 Å². The Kier molecular flexibility index (Phi) is 2.82. The molecule has 0 spiro atoms. The van der Waals surface area contributed by atoms with Gasteiger partial charge in [-0.05, 0) is 42.2 Å². The van der Waals surface area contributed by atoms with Gasteiger partial charge in [0.1, 0.15) is 18.9 Å². The molecule has 3 heterocycles. The van der Waals surface area contributed by atoms with Crippen molar-refractivity contribution >= 4 is 21.7 Å². The van der Waals surface area contributed by atoms with E-state index in [9.17, 15) is 0 Å². The van der Waals surface area contributed by atoms with Crippen LogP contribution in [0.3, 0.4) is 0 Å². The highest BCUT2D eigenvalue weighted by molar-refractivity contribution is 6.05. The molecule has 1 aliphatic rings. The average Bonchev–Trinajstić information content (AvgIpc) is 3.01. The summed E-state index contributed by atoms with van der Waals surface area (Å²) in [6.07, 6.45) is 3.91. The zero-order valence-electron chi connectivity index (χ0n) is 14.9. The molecule has 124 valence electrons. The van der Waals surface area contributed by atoms with E-state index in [1.54, 1.807) is 6.26 Å². The van der Waals surface area contributed by atoms with Gasteiger partial charge in [-0.25, -0.2) is 0 Å². The van der Waals surface area contributed by atoms with E-state index in [1.807, 2.05) is 6.07 Å². The Morgan fingerprint density at radius 2 is 1.92 bits per heavy atom. The van der Waals surface area contributed by atoms with Crippen molar-refractivity contribution in [1.29, 1.82) is 0 Å². The number of hydrogen-bond donors (Lipinski definition) is 0. The predicted molar refractivity (Wildman–Crippen MR) is 99.2 cm³/mol. The highest BCUT2D eigenvalue weighted by atomic mass is 16.5. The Morgan fingerprint density at radius 3 is 2.72 bits per heavy atom. The van der Waals surface area contributed by atoms with Crippen molar-refractivity contribution in [3.05, 3.63) is 53.9 Å². The number of fused-ring (bicyclic) bond motifs is 4. The van der Waals surface area contributed by atoms with Crippen molar-refractivity contribution in [2.75, 3.05) is 0 Å². The molecular formula is C22H20NO2+. The first-order chi connectivity index (χ1) is 12.0. The maximum Gasteiger partial charge on any atom is 0.257 e. The molecule has 2 aromatic heterocycles. The molecule has 25 heavy (non-hydrogen) atoms. The molecule has 0 aliphatic carbocycles. The van der Waals surface area contributed by atoms with Crippen LogP contribution in [0.1, 0.15) is 30.9 Å². The standard InChI is InChI=1S/C22H20NO2/c1-12(2)14-6-7-15-10-23(4)21-19-13(3)5-8-17-20(19)18(11-24-17)25-22(21)16(15)9-14/h5-12H,1-4H3/q+1. The molecule has 0 saturated carbocycles. The Morgan fingerprint density at radius 1 is 1.08 bits per heavy atom. The van der Waals surface area contributed by atoms with Crippen molar-refractivity contribution in [2.24, 2.45) is 7.05 Å². The largest absolute Gasteiger partial charge is 0.460 e. The van der Waals surface area contributed by atoms with Crippen molar-refractivity contribution in [1.82, 2.24) is 0 Å². The molecule has 5 rings (SSSR count). The summed E-state index contributed by atoms with van der Waals surface area (Å²) in [5, 5.41) is 3.41. The van der Waals surface area contributed by atoms with Gasteiger partial charge in [0.05, 0.1) is 10.9 Å². The Labute approximate surface area is 146 Å². The van der Waals surface area contributed by atoms with E-state index in [0.717, 1.165) is 33.5 Å². The molecule has 2 aromatic carbocycles. The van der Waals surface area contributed by atoms with Crippen LogP contribution in [0.2, 0.25) is 0 Å². The highest BCUT2D eigenvalue weighted by Crippen LogP contribution is 2.49. The van der Waals surface area contributed by atoms with Crippen molar-refractivity contribution in [2.45, 2.75) is 26.7 Å². The van der Waals surface area contributed by atoms with E-state index >= 15 is 0 Å². The van der Waals surface area contributed by atoms with Gasteiger partial charge in [-0.15, -0.1) is 0 Å². The third kappa shape index (κ3) is 1.89. The monoisotopic (exact) mass is 330 g/mol. The van der Waals surface area contributed by atoms with E-state index in [1.165, 1.54) is 22.1 Å². The summed E-state index contributed by atoms with van der Waals surface area (Å²) in [6.45, 7) is 6.59. The van der Waals surface area contributed by atoms with E-state index in [2.05, 4.69) is 62.8 Å². The third-order valence-electron chi connectivity index (χ3n) is 5.25. The minimum atomic E-state index is 0.479. The van der Waals surface area contributed by atoms with Gasteiger partial charge in [0, 0.05) is 10.8 Å². The van der Waals surface area contributed by atoms with Crippen LogP contribution < -0.4 is 9.30 Å². The van der Waals surface area contributed by atoms with Crippen LogP contribution >= 0.6 is 0 Å². The van der Waals surface area contributed by atoms with Crippen LogP contribution in [0, 0.1) is 6.92 Å². The normalized spacial score (nSPS) is 12.7. The summed E-state index contributed by atoms with van der Waals surface area (Å²) in [4.78, 5) is 0. The second-order valence-corrected chi connectivity index (χ2v) is 7.25. The number of aryl methyl sites for hydroxylation is 2. The molecule has 0 amide bonds. The van der Waals surface area contributed by atoms with Gasteiger partial charge in [0.25, 0.3) is 5.69 Å². The van der Waals surface area contributed by atoms with Crippen LogP contribution in [0.5, 0.6) is 11.5 Å². The zero-order valence-corrected chi connectivity index (χ0v) is 14.9. The molecule has 0 radical (unpaired) electrons. The fourth-order valence-corrected chi connectivity index (χ4v) is 3.89. The quantitative estimate of drug-likeness (QED) is 0.373. The fraction of sp³-hybridized carbons (Fsp3) is 0.227. The lowest BCUT2D eigenvalue weighted by Crippen LogP contribution is -2.32. The summed E-state index contributed by atoms with van der Waals surface area (Å²) in [6, 6.07) is 10.8. The van der Waals surface area contributed by atoms with Gasteiger partial charge in [0.15, 0.2) is 11.9 Å². The molecule has 3 nitrogen and oxygen atoms in total. The average molecular weight is 330 g/mol. The Balaban J connectivity index is 1.95. The lowest BCUT2D eigenvalue weighted by Gasteiger charge is -2.19. The smallest absolute Gasteiger partial charge is 0.257 e.